The smallest absolute Gasteiger partial charge is 0.162 e. The molecule has 0 spiro atoms. The minimum absolute atomic E-state index is 0. The summed E-state index contributed by atoms with van der Waals surface area (Å²) >= 11 is 7.20. The van der Waals surface area contributed by atoms with E-state index in [0.29, 0.717) is 5.88 Å². The average molecular weight is 250 g/mol. The molecule has 0 aliphatic heterocycles. The summed E-state index contributed by atoms with van der Waals surface area (Å²) in [5, 5.41) is 2.84. The van der Waals surface area contributed by atoms with Crippen molar-refractivity contribution in [1.29, 1.82) is 0 Å². The van der Waals surface area contributed by atoms with E-state index in [-0.39, 0.29) is 12.4 Å². The summed E-state index contributed by atoms with van der Waals surface area (Å²) in [5.74, 6) is 2.17. The average Bonchev–Trinajstić information content (AvgIpc) is 2.71. The minimum atomic E-state index is 0. The summed E-state index contributed by atoms with van der Waals surface area (Å²) in [4.78, 5) is 4.31. The molecule has 0 N–H and O–H groups in total. The van der Waals surface area contributed by atoms with E-state index in [9.17, 15) is 0 Å². The van der Waals surface area contributed by atoms with Crippen molar-refractivity contribution in [1.82, 2.24) is 4.98 Å². The zero-order valence-electron chi connectivity index (χ0n) is 7.49. The van der Waals surface area contributed by atoms with Gasteiger partial charge in [0.2, 0.25) is 0 Å². The first-order valence-corrected chi connectivity index (χ1v) is 5.28. The molecule has 5 heteroatoms. The van der Waals surface area contributed by atoms with Gasteiger partial charge in [-0.05, 0) is 19.1 Å². The van der Waals surface area contributed by atoms with E-state index in [2.05, 4.69) is 4.98 Å². The van der Waals surface area contributed by atoms with Crippen LogP contribution in [0.5, 0.6) is 0 Å². The van der Waals surface area contributed by atoms with Crippen molar-refractivity contribution in [2.24, 2.45) is 0 Å². The van der Waals surface area contributed by atoms with Crippen molar-refractivity contribution < 1.29 is 4.42 Å². The Bertz CT molecular complexity index is 410. The molecular formula is C9H9Cl2NOS. The Morgan fingerprint density at radius 2 is 2.29 bits per heavy atom. The topological polar surface area (TPSA) is 26.0 Å². The largest absolute Gasteiger partial charge is 0.459 e. The summed E-state index contributed by atoms with van der Waals surface area (Å²) in [6.45, 7) is 1.92. The first-order valence-electron chi connectivity index (χ1n) is 3.87. The van der Waals surface area contributed by atoms with Gasteiger partial charge >= 0.3 is 0 Å². The van der Waals surface area contributed by atoms with Gasteiger partial charge in [-0.2, -0.15) is 0 Å². The lowest BCUT2D eigenvalue weighted by atomic mass is 10.4. The van der Waals surface area contributed by atoms with Crippen LogP contribution in [0.25, 0.3) is 10.8 Å². The minimum Gasteiger partial charge on any atom is -0.459 e. The third-order valence-corrected chi connectivity index (χ3v) is 2.82. The van der Waals surface area contributed by atoms with Crippen LogP contribution in [0, 0.1) is 6.92 Å². The number of thiazole rings is 1. The second kappa shape index (κ2) is 4.82. The molecule has 0 aliphatic carbocycles. The van der Waals surface area contributed by atoms with Crippen LogP contribution in [0.4, 0.5) is 0 Å². The molecule has 14 heavy (non-hydrogen) atoms. The number of hydrogen-bond donors (Lipinski definition) is 0. The van der Waals surface area contributed by atoms with Crippen molar-refractivity contribution in [3.63, 3.8) is 0 Å². The third kappa shape index (κ3) is 2.29. The summed E-state index contributed by atoms with van der Waals surface area (Å²) in [6.07, 6.45) is 0. The fraction of sp³-hybridized carbons (Fsp3) is 0.222. The quantitative estimate of drug-likeness (QED) is 0.756. The molecule has 2 nitrogen and oxygen atoms in total. The summed E-state index contributed by atoms with van der Waals surface area (Å²) < 4.78 is 5.43. The Hall–Kier alpha value is -0.510. The molecule has 0 aliphatic rings. The van der Waals surface area contributed by atoms with Crippen molar-refractivity contribution in [3.8, 4) is 10.8 Å². The van der Waals surface area contributed by atoms with Gasteiger partial charge < -0.3 is 4.42 Å². The van der Waals surface area contributed by atoms with Gasteiger partial charge in [0.1, 0.15) is 5.76 Å². The molecule has 0 saturated carbocycles. The molecule has 0 fully saturated rings. The van der Waals surface area contributed by atoms with Crippen LogP contribution in [-0.4, -0.2) is 4.98 Å². The van der Waals surface area contributed by atoms with Gasteiger partial charge in [0, 0.05) is 5.38 Å². The monoisotopic (exact) mass is 249 g/mol. The number of aryl methyl sites for hydroxylation is 1. The van der Waals surface area contributed by atoms with E-state index >= 15 is 0 Å². The summed E-state index contributed by atoms with van der Waals surface area (Å²) in [7, 11) is 0. The number of rotatable bonds is 2. The Balaban J connectivity index is 0.000000980. The highest BCUT2D eigenvalue weighted by Crippen LogP contribution is 2.25. The Kier molecular flexibility index (Phi) is 3.98. The van der Waals surface area contributed by atoms with Crippen molar-refractivity contribution >= 4 is 35.3 Å². The molecule has 0 bridgehead atoms. The number of nitrogens with zero attached hydrogens (tertiary/aromatic N) is 1. The zero-order valence-corrected chi connectivity index (χ0v) is 9.88. The molecule has 0 saturated heterocycles. The van der Waals surface area contributed by atoms with E-state index in [4.69, 9.17) is 16.0 Å². The van der Waals surface area contributed by atoms with Crippen LogP contribution >= 0.6 is 35.3 Å². The van der Waals surface area contributed by atoms with Gasteiger partial charge in [-0.3, -0.25) is 0 Å². The van der Waals surface area contributed by atoms with Crippen molar-refractivity contribution in [2.45, 2.75) is 12.8 Å². The molecule has 76 valence electrons. The zero-order chi connectivity index (χ0) is 9.26. The fourth-order valence-corrected chi connectivity index (χ4v) is 2.04. The van der Waals surface area contributed by atoms with Crippen molar-refractivity contribution in [3.05, 3.63) is 29.0 Å². The van der Waals surface area contributed by atoms with E-state index in [1.165, 1.54) is 0 Å². The summed E-state index contributed by atoms with van der Waals surface area (Å²) in [6, 6.07) is 3.85. The van der Waals surface area contributed by atoms with Gasteiger partial charge in [0.25, 0.3) is 0 Å². The molecule has 2 heterocycles. The lowest BCUT2D eigenvalue weighted by Gasteiger charge is -1.87. The SMILES string of the molecule is Cc1ccc(-c2nc(CCl)cs2)o1.Cl. The normalized spacial score (nSPS) is 9.86. The second-order valence-corrected chi connectivity index (χ2v) is 3.81. The Labute approximate surface area is 97.3 Å². The van der Waals surface area contributed by atoms with E-state index < -0.39 is 0 Å². The maximum absolute atomic E-state index is 5.65. The number of halogens is 2. The van der Waals surface area contributed by atoms with Crippen LogP contribution in [0.3, 0.4) is 0 Å². The van der Waals surface area contributed by atoms with Crippen molar-refractivity contribution in [2.75, 3.05) is 0 Å². The lowest BCUT2D eigenvalue weighted by Crippen LogP contribution is -1.76. The highest BCUT2D eigenvalue weighted by atomic mass is 35.5. The lowest BCUT2D eigenvalue weighted by molar-refractivity contribution is 0.548. The molecular weight excluding hydrogens is 241 g/mol. The summed E-state index contributed by atoms with van der Waals surface area (Å²) in [5.41, 5.74) is 0.899. The molecule has 0 atom stereocenters. The van der Waals surface area contributed by atoms with Crippen LogP contribution in [0.15, 0.2) is 21.9 Å². The first-order chi connectivity index (χ1) is 6.29. The Morgan fingerprint density at radius 3 is 2.79 bits per heavy atom. The Morgan fingerprint density at radius 1 is 1.50 bits per heavy atom. The van der Waals surface area contributed by atoms with Crippen LogP contribution in [0.1, 0.15) is 11.5 Å². The van der Waals surface area contributed by atoms with E-state index in [1.54, 1.807) is 11.3 Å². The standard InChI is InChI=1S/C9H8ClNOS.ClH/c1-6-2-3-8(12-6)9-11-7(4-10)5-13-9;/h2-3,5H,4H2,1H3;1H. The predicted octanol–water partition coefficient (Wildman–Crippen LogP) is 3.87. The highest BCUT2D eigenvalue weighted by Gasteiger charge is 2.06. The number of aromatic nitrogens is 1. The molecule has 0 unspecified atom stereocenters. The van der Waals surface area contributed by atoms with E-state index in [1.807, 2.05) is 24.4 Å². The number of alkyl halides is 1. The van der Waals surface area contributed by atoms with Gasteiger partial charge in [0.05, 0.1) is 11.6 Å². The molecule has 0 aromatic carbocycles. The number of hydrogen-bond acceptors (Lipinski definition) is 3. The molecule has 0 radical (unpaired) electrons. The highest BCUT2D eigenvalue weighted by molar-refractivity contribution is 7.13. The van der Waals surface area contributed by atoms with E-state index in [0.717, 1.165) is 22.2 Å². The van der Waals surface area contributed by atoms with Crippen LogP contribution in [0.2, 0.25) is 0 Å². The second-order valence-electron chi connectivity index (χ2n) is 2.69. The molecule has 0 amide bonds. The first kappa shape index (κ1) is 11.6. The van der Waals surface area contributed by atoms with Gasteiger partial charge in [0.15, 0.2) is 10.8 Å². The fourth-order valence-electron chi connectivity index (χ4n) is 1.03. The number of furan rings is 1. The third-order valence-electron chi connectivity index (χ3n) is 1.64. The van der Waals surface area contributed by atoms with Crippen LogP contribution in [-0.2, 0) is 5.88 Å². The van der Waals surface area contributed by atoms with Crippen LogP contribution < -0.4 is 0 Å². The maximum Gasteiger partial charge on any atom is 0.162 e. The maximum atomic E-state index is 5.65. The van der Waals surface area contributed by atoms with Gasteiger partial charge in [-0.25, -0.2) is 4.98 Å². The molecule has 2 aromatic heterocycles. The molecule has 2 rings (SSSR count). The molecule has 2 aromatic rings. The van der Waals surface area contributed by atoms with Gasteiger partial charge in [-0.1, -0.05) is 0 Å². The van der Waals surface area contributed by atoms with Gasteiger partial charge in [-0.15, -0.1) is 35.3 Å². The predicted molar refractivity (Wildman–Crippen MR) is 61.4 cm³/mol.